The van der Waals surface area contributed by atoms with Crippen LogP contribution in [-0.4, -0.2) is 22.1 Å². The highest BCUT2D eigenvalue weighted by Crippen LogP contribution is 2.26. The molecule has 6 heteroatoms. The predicted octanol–water partition coefficient (Wildman–Crippen LogP) is 1.90. The molecular formula is C12H11FN2O2S. The molecule has 94 valence electrons. The van der Waals surface area contributed by atoms with Gasteiger partial charge in [0.15, 0.2) is 0 Å². The molecule has 0 saturated carbocycles. The van der Waals surface area contributed by atoms with Crippen LogP contribution in [0, 0.1) is 5.82 Å². The van der Waals surface area contributed by atoms with Crippen LogP contribution in [0.2, 0.25) is 0 Å². The number of aliphatic carboxylic acids is 1. The van der Waals surface area contributed by atoms with Crippen LogP contribution in [0.4, 0.5) is 4.39 Å². The molecule has 1 aromatic heterocycles. The van der Waals surface area contributed by atoms with Crippen molar-refractivity contribution in [1.82, 2.24) is 4.98 Å². The van der Waals surface area contributed by atoms with Gasteiger partial charge in [0, 0.05) is 17.4 Å². The minimum atomic E-state index is -1.07. The van der Waals surface area contributed by atoms with E-state index in [1.165, 1.54) is 17.4 Å². The molecule has 0 aliphatic carbocycles. The highest BCUT2D eigenvalue weighted by atomic mass is 32.1. The number of nitrogens with zero attached hydrogens (tertiary/aromatic N) is 1. The summed E-state index contributed by atoms with van der Waals surface area (Å²) in [6.07, 6.45) is 0.139. The second-order valence-corrected chi connectivity index (χ2v) is 4.63. The number of carbonyl (C=O) groups is 1. The summed E-state index contributed by atoms with van der Waals surface area (Å²) in [7, 11) is 0. The van der Waals surface area contributed by atoms with Crippen molar-refractivity contribution in [3.8, 4) is 10.6 Å². The second kappa shape index (κ2) is 5.24. The van der Waals surface area contributed by atoms with E-state index in [0.717, 1.165) is 0 Å². The number of nitrogens with two attached hydrogens (primary N) is 1. The molecule has 0 bridgehead atoms. The molecule has 2 aromatic rings. The second-order valence-electron chi connectivity index (χ2n) is 3.77. The molecular weight excluding hydrogens is 255 g/mol. The van der Waals surface area contributed by atoms with Crippen molar-refractivity contribution in [2.24, 2.45) is 5.73 Å². The van der Waals surface area contributed by atoms with E-state index in [-0.39, 0.29) is 12.2 Å². The first-order valence-corrected chi connectivity index (χ1v) is 6.13. The molecule has 1 heterocycles. The molecule has 0 amide bonds. The average Bonchev–Trinajstić information content (AvgIpc) is 2.77. The van der Waals surface area contributed by atoms with Gasteiger partial charge < -0.3 is 10.8 Å². The van der Waals surface area contributed by atoms with Gasteiger partial charge in [0.05, 0.1) is 5.69 Å². The third-order valence-corrected chi connectivity index (χ3v) is 3.33. The van der Waals surface area contributed by atoms with Crippen molar-refractivity contribution in [3.63, 3.8) is 0 Å². The Morgan fingerprint density at radius 1 is 1.50 bits per heavy atom. The lowest BCUT2D eigenvalue weighted by molar-refractivity contribution is -0.138. The van der Waals surface area contributed by atoms with Crippen LogP contribution in [0.25, 0.3) is 10.6 Å². The molecule has 0 aliphatic rings. The number of aromatic nitrogens is 1. The predicted molar refractivity (Wildman–Crippen MR) is 66.8 cm³/mol. The molecule has 0 fully saturated rings. The van der Waals surface area contributed by atoms with Gasteiger partial charge >= 0.3 is 5.97 Å². The Kier molecular flexibility index (Phi) is 3.69. The van der Waals surface area contributed by atoms with Crippen molar-refractivity contribution < 1.29 is 14.3 Å². The Balaban J connectivity index is 2.21. The van der Waals surface area contributed by atoms with E-state index < -0.39 is 12.0 Å². The number of halogens is 1. The Labute approximate surface area is 107 Å². The van der Waals surface area contributed by atoms with Gasteiger partial charge in [-0.3, -0.25) is 4.79 Å². The molecule has 18 heavy (non-hydrogen) atoms. The molecule has 2 rings (SSSR count). The molecule has 4 nitrogen and oxygen atoms in total. The molecule has 1 unspecified atom stereocenters. The molecule has 0 radical (unpaired) electrons. The molecule has 0 saturated heterocycles. The van der Waals surface area contributed by atoms with Crippen molar-refractivity contribution in [2.45, 2.75) is 12.5 Å². The Hall–Kier alpha value is -1.79. The maximum atomic E-state index is 13.5. The number of benzene rings is 1. The SMILES string of the molecule is NC(Cc1csc(-c2ccccc2F)n1)C(=O)O. The number of thiazole rings is 1. The van der Waals surface area contributed by atoms with Crippen LogP contribution in [0.15, 0.2) is 29.6 Å². The van der Waals surface area contributed by atoms with Gasteiger partial charge in [-0.2, -0.15) is 0 Å². The fourth-order valence-electron chi connectivity index (χ4n) is 1.47. The van der Waals surface area contributed by atoms with E-state index in [9.17, 15) is 9.18 Å². The van der Waals surface area contributed by atoms with Gasteiger partial charge in [0.1, 0.15) is 16.9 Å². The maximum Gasteiger partial charge on any atom is 0.320 e. The summed E-state index contributed by atoms with van der Waals surface area (Å²) in [5, 5.41) is 10.9. The maximum absolute atomic E-state index is 13.5. The molecule has 0 spiro atoms. The summed E-state index contributed by atoms with van der Waals surface area (Å²) < 4.78 is 13.5. The van der Waals surface area contributed by atoms with Crippen LogP contribution >= 0.6 is 11.3 Å². The van der Waals surface area contributed by atoms with Crippen molar-refractivity contribution in [3.05, 3.63) is 41.2 Å². The van der Waals surface area contributed by atoms with E-state index in [1.54, 1.807) is 23.6 Å². The van der Waals surface area contributed by atoms with Gasteiger partial charge in [-0.25, -0.2) is 9.37 Å². The lowest BCUT2D eigenvalue weighted by Gasteiger charge is -2.02. The van der Waals surface area contributed by atoms with Crippen LogP contribution in [0.1, 0.15) is 5.69 Å². The van der Waals surface area contributed by atoms with Gasteiger partial charge in [-0.1, -0.05) is 12.1 Å². The molecule has 0 aliphatic heterocycles. The van der Waals surface area contributed by atoms with E-state index in [0.29, 0.717) is 16.3 Å². The Morgan fingerprint density at radius 2 is 2.22 bits per heavy atom. The highest BCUT2D eigenvalue weighted by Gasteiger charge is 2.15. The third kappa shape index (κ3) is 2.72. The van der Waals surface area contributed by atoms with Gasteiger partial charge in [0.25, 0.3) is 0 Å². The highest BCUT2D eigenvalue weighted by molar-refractivity contribution is 7.13. The summed E-state index contributed by atoms with van der Waals surface area (Å²) >= 11 is 1.27. The quantitative estimate of drug-likeness (QED) is 0.886. The largest absolute Gasteiger partial charge is 0.480 e. The summed E-state index contributed by atoms with van der Waals surface area (Å²) in [6, 6.07) is 5.34. The van der Waals surface area contributed by atoms with Crippen molar-refractivity contribution >= 4 is 17.3 Å². The van der Waals surface area contributed by atoms with Crippen LogP contribution < -0.4 is 5.73 Å². The fourth-order valence-corrected chi connectivity index (χ4v) is 2.33. The number of hydrogen-bond acceptors (Lipinski definition) is 4. The average molecular weight is 266 g/mol. The summed E-state index contributed by atoms with van der Waals surface area (Å²) in [5.41, 5.74) is 6.39. The fraction of sp³-hybridized carbons (Fsp3) is 0.167. The standard InChI is InChI=1S/C12H11FN2O2S/c13-9-4-2-1-3-8(9)11-15-7(6-18-11)5-10(14)12(16)17/h1-4,6,10H,5,14H2,(H,16,17). The normalized spacial score (nSPS) is 12.3. The number of hydrogen-bond donors (Lipinski definition) is 2. The first-order valence-electron chi connectivity index (χ1n) is 5.25. The van der Waals surface area contributed by atoms with E-state index >= 15 is 0 Å². The van der Waals surface area contributed by atoms with E-state index in [2.05, 4.69) is 4.98 Å². The number of carboxylic acid groups (broad SMARTS) is 1. The first kappa shape index (κ1) is 12.7. The summed E-state index contributed by atoms with van der Waals surface area (Å²) in [6.45, 7) is 0. The van der Waals surface area contributed by atoms with E-state index in [4.69, 9.17) is 10.8 Å². The lowest BCUT2D eigenvalue weighted by Crippen LogP contribution is -2.32. The zero-order valence-electron chi connectivity index (χ0n) is 9.34. The third-order valence-electron chi connectivity index (χ3n) is 2.40. The number of rotatable bonds is 4. The van der Waals surface area contributed by atoms with Crippen molar-refractivity contribution in [2.75, 3.05) is 0 Å². The number of carboxylic acids is 1. The van der Waals surface area contributed by atoms with Crippen molar-refractivity contribution in [1.29, 1.82) is 0 Å². The topological polar surface area (TPSA) is 76.2 Å². The van der Waals surface area contributed by atoms with Gasteiger partial charge in [-0.05, 0) is 12.1 Å². The summed E-state index contributed by atoms with van der Waals surface area (Å²) in [4.78, 5) is 14.8. The summed E-state index contributed by atoms with van der Waals surface area (Å²) in [5.74, 6) is -1.42. The van der Waals surface area contributed by atoms with E-state index in [1.807, 2.05) is 0 Å². The molecule has 1 aromatic carbocycles. The first-order chi connectivity index (χ1) is 8.58. The van der Waals surface area contributed by atoms with Gasteiger partial charge in [0.2, 0.25) is 0 Å². The Bertz CT molecular complexity index is 571. The zero-order valence-corrected chi connectivity index (χ0v) is 10.2. The minimum absolute atomic E-state index is 0.139. The zero-order chi connectivity index (χ0) is 13.1. The smallest absolute Gasteiger partial charge is 0.320 e. The molecule has 1 atom stereocenters. The Morgan fingerprint density at radius 3 is 2.89 bits per heavy atom. The van der Waals surface area contributed by atoms with Crippen LogP contribution in [0.3, 0.4) is 0 Å². The lowest BCUT2D eigenvalue weighted by atomic mass is 10.2. The minimum Gasteiger partial charge on any atom is -0.480 e. The molecule has 3 N–H and O–H groups in total. The monoisotopic (exact) mass is 266 g/mol. The van der Waals surface area contributed by atoms with Crippen LogP contribution in [-0.2, 0) is 11.2 Å². The van der Waals surface area contributed by atoms with Crippen LogP contribution in [0.5, 0.6) is 0 Å². The van der Waals surface area contributed by atoms with Gasteiger partial charge in [-0.15, -0.1) is 11.3 Å².